The molecule has 0 aliphatic heterocycles. The molecule has 1 aromatic rings. The highest BCUT2D eigenvalue weighted by Crippen LogP contribution is 2.34. The summed E-state index contributed by atoms with van der Waals surface area (Å²) in [5, 5.41) is 3.70. The Hall–Kier alpha value is -1.43. The lowest BCUT2D eigenvalue weighted by atomic mass is 9.96. The van der Waals surface area contributed by atoms with Crippen molar-refractivity contribution in [2.75, 3.05) is 33.2 Å². The molecule has 118 valence electrons. The highest BCUT2D eigenvalue weighted by molar-refractivity contribution is 9.09. The van der Waals surface area contributed by atoms with Gasteiger partial charge in [-0.2, -0.15) is 0 Å². The minimum absolute atomic E-state index is 0.0283. The lowest BCUT2D eigenvalue weighted by molar-refractivity contribution is 0.0936. The fourth-order valence-corrected chi connectivity index (χ4v) is 1.87. The van der Waals surface area contributed by atoms with Gasteiger partial charge in [-0.3, -0.25) is 4.79 Å². The van der Waals surface area contributed by atoms with E-state index in [1.54, 1.807) is 12.1 Å². The summed E-state index contributed by atoms with van der Waals surface area (Å²) in [5.41, 5.74) is 0.389. The van der Waals surface area contributed by atoms with Crippen molar-refractivity contribution in [1.82, 2.24) is 5.32 Å². The van der Waals surface area contributed by atoms with Crippen molar-refractivity contribution in [2.24, 2.45) is 5.41 Å². The van der Waals surface area contributed by atoms with Gasteiger partial charge in [0.15, 0.2) is 11.5 Å². The van der Waals surface area contributed by atoms with Crippen LogP contribution in [0.3, 0.4) is 0 Å². The molecule has 1 aromatic carbocycles. The van der Waals surface area contributed by atoms with Crippen LogP contribution in [-0.2, 0) is 0 Å². The third kappa shape index (κ3) is 4.52. The Morgan fingerprint density at radius 3 is 2.10 bits per heavy atom. The monoisotopic (exact) mass is 359 g/mol. The maximum atomic E-state index is 12.4. The maximum absolute atomic E-state index is 12.4. The number of nitrogens with one attached hydrogen (secondary N) is 1. The molecule has 1 amide bonds. The zero-order valence-corrected chi connectivity index (χ0v) is 14.7. The second-order valence-corrected chi connectivity index (χ2v) is 5.95. The third-order valence-corrected chi connectivity index (χ3v) is 4.56. The lowest BCUT2D eigenvalue weighted by Gasteiger charge is -2.22. The molecule has 0 spiro atoms. The van der Waals surface area contributed by atoms with Crippen LogP contribution < -0.4 is 19.5 Å². The number of rotatable bonds is 7. The molecule has 0 heterocycles. The highest BCUT2D eigenvalue weighted by atomic mass is 79.9. The number of carbonyl (C=O) groups is 1. The smallest absolute Gasteiger partial charge is 0.255 e. The van der Waals surface area contributed by atoms with E-state index in [1.807, 2.05) is 0 Å². The lowest BCUT2D eigenvalue weighted by Crippen LogP contribution is -2.35. The first-order valence-corrected chi connectivity index (χ1v) is 7.65. The van der Waals surface area contributed by atoms with Crippen LogP contribution in [0.2, 0.25) is 0 Å². The Bertz CT molecular complexity index is 503. The Kier molecular flexibility index (Phi) is 6.33. The van der Waals surface area contributed by atoms with Crippen LogP contribution in [0.25, 0.3) is 0 Å². The van der Waals surface area contributed by atoms with Crippen LogP contribution in [0.15, 0.2) is 12.1 Å². The molecule has 5 nitrogen and oxygen atoms in total. The van der Waals surface area contributed by atoms with Gasteiger partial charge in [-0.1, -0.05) is 29.8 Å². The largest absolute Gasteiger partial charge is 0.496 e. The Morgan fingerprint density at radius 2 is 1.62 bits per heavy atom. The quantitative estimate of drug-likeness (QED) is 0.760. The van der Waals surface area contributed by atoms with Gasteiger partial charge >= 0.3 is 0 Å². The molecule has 1 N–H and O–H groups in total. The van der Waals surface area contributed by atoms with Crippen molar-refractivity contribution in [3.63, 3.8) is 0 Å². The van der Waals surface area contributed by atoms with Crippen molar-refractivity contribution in [3.05, 3.63) is 17.7 Å². The van der Waals surface area contributed by atoms with Crippen LogP contribution in [0.4, 0.5) is 0 Å². The second kappa shape index (κ2) is 7.54. The van der Waals surface area contributed by atoms with Gasteiger partial charge < -0.3 is 19.5 Å². The molecule has 0 unspecified atom stereocenters. The summed E-state index contributed by atoms with van der Waals surface area (Å²) < 4.78 is 15.7. The van der Waals surface area contributed by atoms with Gasteiger partial charge in [-0.25, -0.2) is 0 Å². The van der Waals surface area contributed by atoms with E-state index in [-0.39, 0.29) is 11.3 Å². The van der Waals surface area contributed by atoms with E-state index in [4.69, 9.17) is 14.2 Å². The van der Waals surface area contributed by atoms with Gasteiger partial charge in [0.25, 0.3) is 5.91 Å². The van der Waals surface area contributed by atoms with Crippen molar-refractivity contribution >= 4 is 21.8 Å². The van der Waals surface area contributed by atoms with Crippen LogP contribution in [0.1, 0.15) is 24.2 Å². The van der Waals surface area contributed by atoms with Gasteiger partial charge in [0.05, 0.1) is 26.9 Å². The molecule has 0 atom stereocenters. The predicted molar refractivity (Wildman–Crippen MR) is 86.0 cm³/mol. The number of amides is 1. The van der Waals surface area contributed by atoms with Crippen LogP contribution >= 0.6 is 15.9 Å². The number of carbonyl (C=O) groups excluding carboxylic acids is 1. The van der Waals surface area contributed by atoms with E-state index in [1.165, 1.54) is 21.3 Å². The number of hydrogen-bond donors (Lipinski definition) is 1. The molecule has 0 aromatic heterocycles. The van der Waals surface area contributed by atoms with E-state index < -0.39 is 0 Å². The van der Waals surface area contributed by atoms with E-state index >= 15 is 0 Å². The van der Waals surface area contributed by atoms with Crippen LogP contribution in [-0.4, -0.2) is 39.1 Å². The summed E-state index contributed by atoms with van der Waals surface area (Å²) in [6, 6.07) is 3.26. The number of alkyl halides is 1. The standard InChI is InChI=1S/C15H22BrNO4/c1-15(2,8-16)9-17-14(18)10-6-12(20-4)13(21-5)7-11(10)19-3/h6-7H,8-9H2,1-5H3,(H,17,18). The molecular formula is C15H22BrNO4. The Morgan fingerprint density at radius 1 is 1.10 bits per heavy atom. The summed E-state index contributed by atoms with van der Waals surface area (Å²) in [6.07, 6.45) is 0. The number of methoxy groups -OCH3 is 3. The molecule has 0 saturated heterocycles. The molecule has 0 aliphatic rings. The van der Waals surface area contributed by atoms with Gasteiger partial charge in [0, 0.05) is 24.0 Å². The molecule has 0 aliphatic carbocycles. The zero-order chi connectivity index (χ0) is 16.0. The molecule has 0 radical (unpaired) electrons. The maximum Gasteiger partial charge on any atom is 0.255 e. The molecular weight excluding hydrogens is 338 g/mol. The first-order valence-electron chi connectivity index (χ1n) is 6.52. The summed E-state index contributed by atoms with van der Waals surface area (Å²) in [5.74, 6) is 1.25. The minimum Gasteiger partial charge on any atom is -0.496 e. The normalized spacial score (nSPS) is 11.0. The van der Waals surface area contributed by atoms with Crippen molar-refractivity contribution in [1.29, 1.82) is 0 Å². The Balaban J connectivity index is 3.02. The molecule has 21 heavy (non-hydrogen) atoms. The van der Waals surface area contributed by atoms with Crippen molar-refractivity contribution < 1.29 is 19.0 Å². The van der Waals surface area contributed by atoms with Crippen LogP contribution in [0.5, 0.6) is 17.2 Å². The topological polar surface area (TPSA) is 56.8 Å². The average Bonchev–Trinajstić information content (AvgIpc) is 2.51. The van der Waals surface area contributed by atoms with Gasteiger partial charge in [0.1, 0.15) is 5.75 Å². The summed E-state index contributed by atoms with van der Waals surface area (Å²) >= 11 is 3.43. The second-order valence-electron chi connectivity index (χ2n) is 5.39. The predicted octanol–water partition coefficient (Wildman–Crippen LogP) is 2.86. The number of halogens is 1. The Labute approximate surface area is 134 Å². The van der Waals surface area contributed by atoms with Gasteiger partial charge in [0.2, 0.25) is 0 Å². The SMILES string of the molecule is COc1cc(OC)c(C(=O)NCC(C)(C)CBr)cc1OC. The van der Waals surface area contributed by atoms with Gasteiger partial charge in [-0.15, -0.1) is 0 Å². The highest BCUT2D eigenvalue weighted by Gasteiger charge is 2.21. The number of benzene rings is 1. The molecule has 0 bridgehead atoms. The summed E-state index contributed by atoms with van der Waals surface area (Å²) in [7, 11) is 4.58. The fraction of sp³-hybridized carbons (Fsp3) is 0.533. The summed E-state index contributed by atoms with van der Waals surface area (Å²) in [4.78, 5) is 12.4. The molecule has 1 rings (SSSR count). The molecule has 0 saturated carbocycles. The molecule has 6 heteroatoms. The van der Waals surface area contributed by atoms with Crippen molar-refractivity contribution in [3.8, 4) is 17.2 Å². The zero-order valence-electron chi connectivity index (χ0n) is 13.1. The first kappa shape index (κ1) is 17.6. The summed E-state index contributed by atoms with van der Waals surface area (Å²) in [6.45, 7) is 4.68. The third-order valence-electron chi connectivity index (χ3n) is 3.04. The van der Waals surface area contributed by atoms with Crippen LogP contribution in [0, 0.1) is 5.41 Å². The van der Waals surface area contributed by atoms with E-state index in [0.29, 0.717) is 29.4 Å². The molecule has 0 fully saturated rings. The van der Waals surface area contributed by atoms with E-state index in [2.05, 4.69) is 35.1 Å². The van der Waals surface area contributed by atoms with Crippen molar-refractivity contribution in [2.45, 2.75) is 13.8 Å². The fourth-order valence-electron chi connectivity index (χ4n) is 1.67. The minimum atomic E-state index is -0.207. The van der Waals surface area contributed by atoms with E-state index in [9.17, 15) is 4.79 Å². The number of ether oxygens (including phenoxy) is 3. The number of hydrogen-bond acceptors (Lipinski definition) is 4. The van der Waals surface area contributed by atoms with Gasteiger partial charge in [-0.05, 0) is 5.41 Å². The first-order chi connectivity index (χ1) is 9.88. The average molecular weight is 360 g/mol. The van der Waals surface area contributed by atoms with E-state index in [0.717, 1.165) is 5.33 Å².